The Hall–Kier alpha value is -2.76. The minimum atomic E-state index is -0.378. The van der Waals surface area contributed by atoms with Gasteiger partial charge in [0.1, 0.15) is 11.9 Å². The Balaban J connectivity index is 1.36. The number of hydrogen-bond acceptors (Lipinski definition) is 3. The Morgan fingerprint density at radius 3 is 2.25 bits per heavy atom. The number of halogens is 2. The number of aryl methyl sites for hydroxylation is 1. The van der Waals surface area contributed by atoms with Crippen molar-refractivity contribution in [1.82, 2.24) is 9.80 Å². The van der Waals surface area contributed by atoms with Crippen molar-refractivity contribution in [2.75, 3.05) is 32.7 Å². The monoisotopic (exact) mass is 436 g/mol. The highest BCUT2D eigenvalue weighted by Gasteiger charge is 2.21. The maximum atomic E-state index is 14.3. The number of rotatable bonds is 8. The summed E-state index contributed by atoms with van der Waals surface area (Å²) in [5.74, 6) is -0.423. The lowest BCUT2D eigenvalue weighted by atomic mass is 10.1. The molecule has 1 atom stereocenters. The smallest absolute Gasteiger partial charge is 0.165 e. The Kier molecular flexibility index (Phi) is 7.51. The number of ether oxygens (including phenoxy) is 1. The molecule has 168 valence electrons. The molecule has 1 fully saturated rings. The third-order valence-corrected chi connectivity index (χ3v) is 6.02. The van der Waals surface area contributed by atoms with Gasteiger partial charge in [0.25, 0.3) is 0 Å². The van der Waals surface area contributed by atoms with Crippen LogP contribution in [0.1, 0.15) is 29.2 Å². The van der Waals surface area contributed by atoms with Crippen molar-refractivity contribution in [3.05, 3.63) is 101 Å². The molecule has 0 N–H and O–H groups in total. The van der Waals surface area contributed by atoms with Crippen LogP contribution < -0.4 is 4.74 Å². The molecule has 0 bridgehead atoms. The van der Waals surface area contributed by atoms with Gasteiger partial charge in [-0.15, -0.1) is 0 Å². The number of nitrogens with zero attached hydrogens (tertiary/aromatic N) is 2. The lowest BCUT2D eigenvalue weighted by molar-refractivity contribution is 0.105. The third kappa shape index (κ3) is 6.15. The first-order valence-corrected chi connectivity index (χ1v) is 11.2. The first-order valence-electron chi connectivity index (χ1n) is 11.2. The largest absolute Gasteiger partial charge is 0.483 e. The van der Waals surface area contributed by atoms with Crippen LogP contribution >= 0.6 is 0 Å². The highest BCUT2D eigenvalue weighted by Crippen LogP contribution is 2.28. The first kappa shape index (κ1) is 22.4. The van der Waals surface area contributed by atoms with Crippen LogP contribution in [0.2, 0.25) is 0 Å². The van der Waals surface area contributed by atoms with E-state index in [9.17, 15) is 8.78 Å². The second kappa shape index (κ2) is 10.7. The fraction of sp³-hybridized carbons (Fsp3) is 0.333. The standard InChI is InChI=1S/C27H30F2N2O/c1-21-7-12-25(29)27(19-21)32-26(23-8-10-24(28)11-9-23)13-14-30-15-17-31(18-16-30)20-22-5-3-2-4-6-22/h2-12,19,26H,13-18,20H2,1H3. The fourth-order valence-corrected chi connectivity index (χ4v) is 4.14. The van der Waals surface area contributed by atoms with Gasteiger partial charge in [-0.2, -0.15) is 0 Å². The molecular formula is C27H30F2N2O. The van der Waals surface area contributed by atoms with E-state index >= 15 is 0 Å². The van der Waals surface area contributed by atoms with Crippen LogP contribution in [0.15, 0.2) is 72.8 Å². The van der Waals surface area contributed by atoms with E-state index in [0.29, 0.717) is 6.42 Å². The van der Waals surface area contributed by atoms with Crippen LogP contribution in [0, 0.1) is 18.6 Å². The van der Waals surface area contributed by atoms with Gasteiger partial charge in [0, 0.05) is 45.7 Å². The van der Waals surface area contributed by atoms with E-state index in [0.717, 1.165) is 50.4 Å². The molecule has 1 aliphatic heterocycles. The summed E-state index contributed by atoms with van der Waals surface area (Å²) in [6.07, 6.45) is 0.367. The van der Waals surface area contributed by atoms with Gasteiger partial charge in [-0.1, -0.05) is 48.5 Å². The van der Waals surface area contributed by atoms with Crippen LogP contribution in [0.4, 0.5) is 8.78 Å². The van der Waals surface area contributed by atoms with Crippen molar-refractivity contribution in [2.45, 2.75) is 26.0 Å². The summed E-state index contributed by atoms with van der Waals surface area (Å²) < 4.78 is 33.9. The SMILES string of the molecule is Cc1ccc(F)c(OC(CCN2CCN(Cc3ccccc3)CC2)c2ccc(F)cc2)c1. The van der Waals surface area contributed by atoms with E-state index in [-0.39, 0.29) is 23.5 Å². The van der Waals surface area contributed by atoms with Gasteiger partial charge < -0.3 is 9.64 Å². The Morgan fingerprint density at radius 2 is 1.53 bits per heavy atom. The average Bonchev–Trinajstić information content (AvgIpc) is 2.81. The summed E-state index contributed by atoms with van der Waals surface area (Å²) in [6.45, 7) is 7.74. The molecule has 0 aromatic heterocycles. The quantitative estimate of drug-likeness (QED) is 0.457. The van der Waals surface area contributed by atoms with Crippen LogP contribution in [0.5, 0.6) is 5.75 Å². The van der Waals surface area contributed by atoms with Crippen molar-refractivity contribution in [3.8, 4) is 5.75 Å². The van der Waals surface area contributed by atoms with Crippen LogP contribution in [0.3, 0.4) is 0 Å². The number of benzene rings is 3. The molecule has 32 heavy (non-hydrogen) atoms. The molecule has 0 radical (unpaired) electrons. The number of hydrogen-bond donors (Lipinski definition) is 0. The van der Waals surface area contributed by atoms with Gasteiger partial charge in [-0.05, 0) is 47.9 Å². The molecular weight excluding hydrogens is 406 g/mol. The van der Waals surface area contributed by atoms with Gasteiger partial charge >= 0.3 is 0 Å². The topological polar surface area (TPSA) is 15.7 Å². The van der Waals surface area contributed by atoms with Crippen molar-refractivity contribution in [2.24, 2.45) is 0 Å². The molecule has 0 amide bonds. The summed E-state index contributed by atoms with van der Waals surface area (Å²) in [5.41, 5.74) is 3.13. The van der Waals surface area contributed by atoms with Crippen LogP contribution in [0.25, 0.3) is 0 Å². The Labute approximate surface area is 189 Å². The molecule has 0 spiro atoms. The normalized spacial score (nSPS) is 16.1. The molecule has 1 unspecified atom stereocenters. The summed E-state index contributed by atoms with van der Waals surface area (Å²) in [6, 6.07) is 21.7. The lowest BCUT2D eigenvalue weighted by Crippen LogP contribution is -2.46. The molecule has 1 saturated heterocycles. The Morgan fingerprint density at radius 1 is 0.844 bits per heavy atom. The number of piperazine rings is 1. The maximum Gasteiger partial charge on any atom is 0.165 e. The zero-order valence-electron chi connectivity index (χ0n) is 18.5. The van der Waals surface area contributed by atoms with Crippen LogP contribution in [-0.4, -0.2) is 42.5 Å². The predicted molar refractivity (Wildman–Crippen MR) is 124 cm³/mol. The molecule has 0 saturated carbocycles. The molecule has 5 heteroatoms. The van der Waals surface area contributed by atoms with Gasteiger partial charge in [0.05, 0.1) is 0 Å². The van der Waals surface area contributed by atoms with E-state index < -0.39 is 0 Å². The molecule has 4 rings (SSSR count). The van der Waals surface area contributed by atoms with Crippen molar-refractivity contribution >= 4 is 0 Å². The molecule has 3 aromatic carbocycles. The van der Waals surface area contributed by atoms with Gasteiger partial charge in [0.15, 0.2) is 11.6 Å². The van der Waals surface area contributed by atoms with E-state index in [1.165, 1.54) is 23.8 Å². The summed E-state index contributed by atoms with van der Waals surface area (Å²) in [7, 11) is 0. The minimum Gasteiger partial charge on any atom is -0.483 e. The molecule has 3 nitrogen and oxygen atoms in total. The van der Waals surface area contributed by atoms with Gasteiger partial charge in [-0.25, -0.2) is 8.78 Å². The maximum absolute atomic E-state index is 14.3. The zero-order valence-corrected chi connectivity index (χ0v) is 18.5. The molecule has 0 aliphatic carbocycles. The van der Waals surface area contributed by atoms with Crippen molar-refractivity contribution < 1.29 is 13.5 Å². The molecule has 1 heterocycles. The second-order valence-corrected chi connectivity index (χ2v) is 8.48. The zero-order chi connectivity index (χ0) is 22.3. The van der Waals surface area contributed by atoms with E-state index in [1.54, 1.807) is 24.3 Å². The van der Waals surface area contributed by atoms with Gasteiger partial charge in [0.2, 0.25) is 0 Å². The highest BCUT2D eigenvalue weighted by atomic mass is 19.1. The highest BCUT2D eigenvalue weighted by molar-refractivity contribution is 5.31. The summed E-state index contributed by atoms with van der Waals surface area (Å²) >= 11 is 0. The minimum absolute atomic E-state index is 0.243. The van der Waals surface area contributed by atoms with Gasteiger partial charge in [-0.3, -0.25) is 4.90 Å². The van der Waals surface area contributed by atoms with E-state index in [4.69, 9.17) is 4.74 Å². The lowest BCUT2D eigenvalue weighted by Gasteiger charge is -2.35. The first-order chi connectivity index (χ1) is 15.6. The summed E-state index contributed by atoms with van der Waals surface area (Å²) in [4.78, 5) is 4.90. The van der Waals surface area contributed by atoms with Crippen LogP contribution in [-0.2, 0) is 6.54 Å². The fourth-order valence-electron chi connectivity index (χ4n) is 4.14. The Bertz CT molecular complexity index is 986. The summed E-state index contributed by atoms with van der Waals surface area (Å²) in [5, 5.41) is 0. The van der Waals surface area contributed by atoms with Crippen molar-refractivity contribution in [1.29, 1.82) is 0 Å². The average molecular weight is 437 g/mol. The molecule has 3 aromatic rings. The second-order valence-electron chi connectivity index (χ2n) is 8.48. The predicted octanol–water partition coefficient (Wildman–Crippen LogP) is 5.60. The van der Waals surface area contributed by atoms with E-state index in [2.05, 4.69) is 34.1 Å². The third-order valence-electron chi connectivity index (χ3n) is 6.02. The van der Waals surface area contributed by atoms with Crippen molar-refractivity contribution in [3.63, 3.8) is 0 Å². The molecule has 1 aliphatic rings. The van der Waals surface area contributed by atoms with E-state index in [1.807, 2.05) is 13.0 Å².